The first-order chi connectivity index (χ1) is 13.3. The van der Waals surface area contributed by atoms with Crippen LogP contribution in [-0.4, -0.2) is 41.3 Å². The van der Waals surface area contributed by atoms with Crippen molar-refractivity contribution in [3.8, 4) is 0 Å². The van der Waals surface area contributed by atoms with Gasteiger partial charge in [0.2, 0.25) is 11.8 Å². The fourth-order valence-electron chi connectivity index (χ4n) is 3.13. The molecule has 1 aliphatic rings. The van der Waals surface area contributed by atoms with Gasteiger partial charge >= 0.3 is 0 Å². The topological polar surface area (TPSA) is 74.3 Å². The van der Waals surface area contributed by atoms with Crippen LogP contribution in [0.4, 0.5) is 19.6 Å². The third kappa shape index (κ3) is 5.11. The van der Waals surface area contributed by atoms with E-state index < -0.39 is 17.6 Å². The Morgan fingerprint density at radius 1 is 1.29 bits per heavy atom. The van der Waals surface area contributed by atoms with Gasteiger partial charge in [0.25, 0.3) is 0 Å². The van der Waals surface area contributed by atoms with Crippen molar-refractivity contribution < 1.29 is 18.4 Å². The van der Waals surface area contributed by atoms with E-state index in [1.54, 1.807) is 0 Å². The second-order valence-corrected chi connectivity index (χ2v) is 8.10. The van der Waals surface area contributed by atoms with Gasteiger partial charge in [0, 0.05) is 17.5 Å². The second kappa shape index (κ2) is 8.74. The number of aromatic nitrogens is 1. The van der Waals surface area contributed by atoms with Gasteiger partial charge in [-0.1, -0.05) is 0 Å². The molecule has 1 unspecified atom stereocenters. The van der Waals surface area contributed by atoms with Gasteiger partial charge in [-0.25, -0.2) is 13.8 Å². The zero-order valence-corrected chi connectivity index (χ0v) is 16.5. The standard InChI is InChI=1S/C19H22F2N4O2S/c1-11-12(2)28-19(22-11)24-17(26)10-25-7-3-4-13(9-25)18(27)23-16-8-14(20)5-6-15(16)21/h5-6,8,13H,3-4,7,9-10H2,1-2H3,(H,23,27)(H,22,24,26). The number of amides is 2. The van der Waals surface area contributed by atoms with Crippen LogP contribution >= 0.6 is 11.3 Å². The summed E-state index contributed by atoms with van der Waals surface area (Å²) in [7, 11) is 0. The molecule has 6 nitrogen and oxygen atoms in total. The minimum absolute atomic E-state index is 0.149. The summed E-state index contributed by atoms with van der Waals surface area (Å²) in [4.78, 5) is 32.0. The fourth-order valence-corrected chi connectivity index (χ4v) is 3.96. The number of aryl methyl sites for hydroxylation is 2. The Morgan fingerprint density at radius 3 is 2.79 bits per heavy atom. The molecule has 2 heterocycles. The zero-order valence-electron chi connectivity index (χ0n) is 15.7. The molecule has 2 amide bonds. The first-order valence-corrected chi connectivity index (χ1v) is 9.85. The van der Waals surface area contributed by atoms with Crippen molar-refractivity contribution in [1.82, 2.24) is 9.88 Å². The van der Waals surface area contributed by atoms with Crippen molar-refractivity contribution in [3.63, 3.8) is 0 Å². The number of hydrogen-bond donors (Lipinski definition) is 2. The molecule has 1 aromatic heterocycles. The molecular weight excluding hydrogens is 386 g/mol. The lowest BCUT2D eigenvalue weighted by Gasteiger charge is -2.31. The molecular formula is C19H22F2N4O2S. The molecule has 150 valence electrons. The highest BCUT2D eigenvalue weighted by Gasteiger charge is 2.27. The fraction of sp³-hybridized carbons (Fsp3) is 0.421. The molecule has 2 aromatic rings. The van der Waals surface area contributed by atoms with Crippen LogP contribution in [0.1, 0.15) is 23.4 Å². The first-order valence-electron chi connectivity index (χ1n) is 9.04. The molecule has 0 bridgehead atoms. The zero-order chi connectivity index (χ0) is 20.3. The van der Waals surface area contributed by atoms with Gasteiger partial charge in [0.1, 0.15) is 11.6 Å². The number of rotatable bonds is 5. The number of thiazole rings is 1. The monoisotopic (exact) mass is 408 g/mol. The SMILES string of the molecule is Cc1nc(NC(=O)CN2CCCC(C(=O)Nc3cc(F)ccc3F)C2)sc1C. The maximum absolute atomic E-state index is 13.7. The van der Waals surface area contributed by atoms with Gasteiger partial charge in [-0.2, -0.15) is 0 Å². The summed E-state index contributed by atoms with van der Waals surface area (Å²) in [6, 6.07) is 2.93. The average molecular weight is 408 g/mol. The summed E-state index contributed by atoms with van der Waals surface area (Å²) in [6.07, 6.45) is 1.37. The summed E-state index contributed by atoms with van der Waals surface area (Å²) >= 11 is 1.42. The van der Waals surface area contributed by atoms with Crippen molar-refractivity contribution in [2.24, 2.45) is 5.92 Å². The molecule has 1 aliphatic heterocycles. The van der Waals surface area contributed by atoms with Crippen LogP contribution in [0.15, 0.2) is 18.2 Å². The van der Waals surface area contributed by atoms with E-state index in [1.807, 2.05) is 18.7 Å². The molecule has 2 N–H and O–H groups in total. The lowest BCUT2D eigenvalue weighted by atomic mass is 9.97. The molecule has 28 heavy (non-hydrogen) atoms. The molecule has 1 saturated heterocycles. The van der Waals surface area contributed by atoms with Crippen LogP contribution in [0.2, 0.25) is 0 Å². The second-order valence-electron chi connectivity index (χ2n) is 6.90. The molecule has 0 saturated carbocycles. The van der Waals surface area contributed by atoms with Gasteiger partial charge in [-0.15, -0.1) is 11.3 Å². The quantitative estimate of drug-likeness (QED) is 0.796. The summed E-state index contributed by atoms with van der Waals surface area (Å²) in [5, 5.41) is 5.80. The summed E-state index contributed by atoms with van der Waals surface area (Å²) in [5.41, 5.74) is 0.717. The molecule has 3 rings (SSSR count). The Bertz CT molecular complexity index is 867. The summed E-state index contributed by atoms with van der Waals surface area (Å²) in [6.45, 7) is 5.05. The van der Waals surface area contributed by atoms with Gasteiger partial charge in [-0.3, -0.25) is 14.5 Å². The Morgan fingerprint density at radius 2 is 2.07 bits per heavy atom. The van der Waals surface area contributed by atoms with Crippen molar-refractivity contribution >= 4 is 34.0 Å². The highest BCUT2D eigenvalue weighted by Crippen LogP contribution is 2.23. The Kier molecular flexibility index (Phi) is 6.35. The molecule has 1 fully saturated rings. The number of piperidine rings is 1. The third-order valence-corrected chi connectivity index (χ3v) is 5.69. The van der Waals surface area contributed by atoms with E-state index in [9.17, 15) is 18.4 Å². The average Bonchev–Trinajstić information content (AvgIpc) is 2.95. The van der Waals surface area contributed by atoms with Crippen molar-refractivity contribution in [2.45, 2.75) is 26.7 Å². The lowest BCUT2D eigenvalue weighted by Crippen LogP contribution is -2.44. The number of halogens is 2. The molecule has 0 spiro atoms. The number of carbonyl (C=O) groups excluding carboxylic acids is 2. The summed E-state index contributed by atoms with van der Waals surface area (Å²) < 4.78 is 27.0. The van der Waals surface area contributed by atoms with Crippen LogP contribution in [0.5, 0.6) is 0 Å². The third-order valence-electron chi connectivity index (χ3n) is 4.70. The van der Waals surface area contributed by atoms with Gasteiger partial charge in [0.15, 0.2) is 5.13 Å². The van der Waals surface area contributed by atoms with Crippen LogP contribution in [0.3, 0.4) is 0 Å². The number of benzene rings is 1. The Balaban J connectivity index is 1.55. The Labute approximate surface area is 166 Å². The number of hydrogen-bond acceptors (Lipinski definition) is 5. The maximum Gasteiger partial charge on any atom is 0.240 e. The van der Waals surface area contributed by atoms with Gasteiger partial charge in [-0.05, 0) is 45.4 Å². The van der Waals surface area contributed by atoms with Crippen molar-refractivity contribution in [1.29, 1.82) is 0 Å². The largest absolute Gasteiger partial charge is 0.323 e. The Hall–Kier alpha value is -2.39. The van der Waals surface area contributed by atoms with E-state index in [4.69, 9.17) is 0 Å². The maximum atomic E-state index is 13.7. The minimum Gasteiger partial charge on any atom is -0.323 e. The number of likely N-dealkylation sites (tertiary alicyclic amines) is 1. The van der Waals surface area contributed by atoms with Crippen molar-refractivity contribution in [2.75, 3.05) is 30.3 Å². The smallest absolute Gasteiger partial charge is 0.240 e. The van der Waals surface area contributed by atoms with Crippen LogP contribution in [-0.2, 0) is 9.59 Å². The van der Waals surface area contributed by atoms with E-state index >= 15 is 0 Å². The van der Waals surface area contributed by atoms with E-state index in [0.29, 0.717) is 24.6 Å². The number of nitrogens with zero attached hydrogens (tertiary/aromatic N) is 2. The molecule has 0 radical (unpaired) electrons. The van der Waals surface area contributed by atoms with Crippen molar-refractivity contribution in [3.05, 3.63) is 40.4 Å². The predicted molar refractivity (Wildman–Crippen MR) is 104 cm³/mol. The predicted octanol–water partition coefficient (Wildman–Crippen LogP) is 3.33. The molecule has 0 aliphatic carbocycles. The van der Waals surface area contributed by atoms with E-state index in [1.165, 1.54) is 11.3 Å². The van der Waals surface area contributed by atoms with E-state index in [-0.39, 0.29) is 24.0 Å². The van der Waals surface area contributed by atoms with Gasteiger partial charge < -0.3 is 10.6 Å². The molecule has 1 aromatic carbocycles. The van der Waals surface area contributed by atoms with E-state index in [2.05, 4.69) is 15.6 Å². The normalized spacial score (nSPS) is 17.4. The highest BCUT2D eigenvalue weighted by atomic mass is 32.1. The molecule has 9 heteroatoms. The highest BCUT2D eigenvalue weighted by molar-refractivity contribution is 7.15. The van der Waals surface area contributed by atoms with E-state index in [0.717, 1.165) is 35.2 Å². The molecule has 1 atom stereocenters. The first kappa shape index (κ1) is 20.3. The summed E-state index contributed by atoms with van der Waals surface area (Å²) in [5.74, 6) is -2.26. The van der Waals surface area contributed by atoms with Crippen LogP contribution in [0, 0.1) is 31.4 Å². The number of carbonyl (C=O) groups is 2. The lowest BCUT2D eigenvalue weighted by molar-refractivity contribution is -0.123. The number of nitrogens with one attached hydrogen (secondary N) is 2. The van der Waals surface area contributed by atoms with Crippen LogP contribution < -0.4 is 10.6 Å². The minimum atomic E-state index is -0.684. The number of anilines is 2. The van der Waals surface area contributed by atoms with Gasteiger partial charge in [0.05, 0.1) is 23.8 Å². The van der Waals surface area contributed by atoms with Crippen LogP contribution in [0.25, 0.3) is 0 Å².